The third-order valence-electron chi connectivity index (χ3n) is 2.17. The van der Waals surface area contributed by atoms with Crippen LogP contribution in [0.1, 0.15) is 67.2 Å². The first-order chi connectivity index (χ1) is 8.35. The Morgan fingerprint density at radius 2 is 1.28 bits per heavy atom. The summed E-state index contributed by atoms with van der Waals surface area (Å²) in [5, 5.41) is 25.0. The van der Waals surface area contributed by atoms with Crippen LogP contribution in [-0.2, 0) is 0 Å². The highest BCUT2D eigenvalue weighted by atomic mass is 16.3. The van der Waals surface area contributed by atoms with E-state index in [2.05, 4.69) is 13.8 Å². The average Bonchev–Trinajstić information content (AvgIpc) is 2.30. The fraction of sp³-hybridized carbons (Fsp3) is 1.00. The molecule has 3 nitrogen and oxygen atoms in total. The maximum Gasteiger partial charge on any atom is 0.0483 e. The number of unbranched alkanes of at least 4 members (excludes halogenated alkanes) is 1. The molecule has 0 saturated heterocycles. The zero-order chi connectivity index (χ0) is 15.0. The van der Waals surface area contributed by atoms with Crippen molar-refractivity contribution in [3.05, 3.63) is 0 Å². The minimum Gasteiger partial charge on any atom is -0.396 e. The molecule has 0 aromatic heterocycles. The lowest BCUT2D eigenvalue weighted by Gasteiger charge is -2.08. The number of aliphatic hydroxyl groups excluding tert-OH is 3. The van der Waals surface area contributed by atoms with E-state index in [0.29, 0.717) is 25.0 Å². The molecular weight excluding hydrogens is 228 g/mol. The molecule has 0 aliphatic heterocycles. The zero-order valence-electron chi connectivity index (χ0n) is 13.3. The molecule has 0 fully saturated rings. The summed E-state index contributed by atoms with van der Waals surface area (Å²) in [6.07, 6.45) is 4.66. The Labute approximate surface area is 114 Å². The second-order valence-corrected chi connectivity index (χ2v) is 5.27. The van der Waals surface area contributed by atoms with Crippen LogP contribution in [-0.4, -0.2) is 34.6 Å². The monoisotopic (exact) mass is 264 g/mol. The first-order valence-electron chi connectivity index (χ1n) is 7.25. The molecule has 0 spiro atoms. The maximum atomic E-state index is 8.75. The van der Waals surface area contributed by atoms with Gasteiger partial charge in [-0.15, -0.1) is 0 Å². The minimum absolute atomic E-state index is 0.167. The molecule has 0 aliphatic rings. The van der Waals surface area contributed by atoms with E-state index in [0.717, 1.165) is 6.42 Å². The lowest BCUT2D eigenvalue weighted by molar-refractivity contribution is 0.212. The van der Waals surface area contributed by atoms with Crippen molar-refractivity contribution < 1.29 is 15.3 Å². The maximum absolute atomic E-state index is 8.75. The van der Waals surface area contributed by atoms with Gasteiger partial charge in [0.2, 0.25) is 0 Å². The molecule has 1 unspecified atom stereocenters. The van der Waals surface area contributed by atoms with Crippen LogP contribution >= 0.6 is 0 Å². The highest BCUT2D eigenvalue weighted by Crippen LogP contribution is 2.10. The van der Waals surface area contributed by atoms with Gasteiger partial charge in [0.1, 0.15) is 0 Å². The highest BCUT2D eigenvalue weighted by Gasteiger charge is 2.01. The van der Waals surface area contributed by atoms with Gasteiger partial charge in [-0.3, -0.25) is 0 Å². The quantitative estimate of drug-likeness (QED) is 0.690. The molecule has 0 rings (SSSR count). The molecule has 3 heteroatoms. The summed E-state index contributed by atoms with van der Waals surface area (Å²) in [6, 6.07) is 0. The minimum atomic E-state index is -0.167. The van der Waals surface area contributed by atoms with Crippen LogP contribution in [0.2, 0.25) is 0 Å². The van der Waals surface area contributed by atoms with E-state index in [1.807, 2.05) is 13.8 Å². The Hall–Kier alpha value is -0.120. The molecule has 1 atom stereocenters. The van der Waals surface area contributed by atoms with Gasteiger partial charge in [0.25, 0.3) is 0 Å². The zero-order valence-corrected chi connectivity index (χ0v) is 13.3. The summed E-state index contributed by atoms with van der Waals surface area (Å²) in [7, 11) is 0. The van der Waals surface area contributed by atoms with E-state index in [9.17, 15) is 0 Å². The summed E-state index contributed by atoms with van der Waals surface area (Å²) < 4.78 is 0. The van der Waals surface area contributed by atoms with E-state index >= 15 is 0 Å². The Morgan fingerprint density at radius 1 is 0.889 bits per heavy atom. The summed E-state index contributed by atoms with van der Waals surface area (Å²) >= 11 is 0. The normalized spacial score (nSPS) is 11.5. The third kappa shape index (κ3) is 36.0. The van der Waals surface area contributed by atoms with E-state index in [1.165, 1.54) is 19.3 Å². The van der Waals surface area contributed by atoms with Gasteiger partial charge in [-0.2, -0.15) is 0 Å². The Bertz CT molecular complexity index is 118. The molecule has 0 radical (unpaired) electrons. The van der Waals surface area contributed by atoms with Gasteiger partial charge < -0.3 is 15.3 Å². The Morgan fingerprint density at radius 3 is 1.44 bits per heavy atom. The van der Waals surface area contributed by atoms with Gasteiger partial charge in [-0.05, 0) is 32.1 Å². The second-order valence-electron chi connectivity index (χ2n) is 5.27. The van der Waals surface area contributed by atoms with Crippen LogP contribution in [0.5, 0.6) is 0 Å². The number of hydrogen-bond donors (Lipinski definition) is 3. The van der Waals surface area contributed by atoms with E-state index < -0.39 is 0 Å². The predicted octanol–water partition coefficient (Wildman–Crippen LogP) is 3.22. The number of aliphatic hydroxyl groups is 3. The second kappa shape index (κ2) is 19.2. The lowest BCUT2D eigenvalue weighted by atomic mass is 10.0. The Kier molecular flexibility index (Phi) is 24.6. The topological polar surface area (TPSA) is 60.7 Å². The largest absolute Gasteiger partial charge is 0.396 e. The molecule has 0 saturated carbocycles. The smallest absolute Gasteiger partial charge is 0.0483 e. The van der Waals surface area contributed by atoms with Gasteiger partial charge in [-0.1, -0.05) is 47.0 Å². The van der Waals surface area contributed by atoms with Crippen molar-refractivity contribution in [2.75, 3.05) is 13.2 Å². The van der Waals surface area contributed by atoms with Gasteiger partial charge in [0.05, 0.1) is 0 Å². The first-order valence-corrected chi connectivity index (χ1v) is 7.25. The molecule has 0 heterocycles. The van der Waals surface area contributed by atoms with Gasteiger partial charge in [0, 0.05) is 19.3 Å². The van der Waals surface area contributed by atoms with Crippen LogP contribution in [0.3, 0.4) is 0 Å². The van der Waals surface area contributed by atoms with Gasteiger partial charge >= 0.3 is 0 Å². The van der Waals surface area contributed by atoms with Crippen LogP contribution < -0.4 is 0 Å². The molecule has 18 heavy (non-hydrogen) atoms. The van der Waals surface area contributed by atoms with Crippen molar-refractivity contribution in [1.29, 1.82) is 0 Å². The lowest BCUT2D eigenvalue weighted by Crippen LogP contribution is -2.03. The fourth-order valence-corrected chi connectivity index (χ4v) is 0.917. The standard InChI is InChI=1S/C8H18O.C4H10O.C3H8O/c1-3-5-6-8(4-2)7-9;1-4(2)3-5;1-3(2)4/h8-9H,3-7H2,1-2H3;4-5H,3H2,1-2H3;3-4H,1-2H3. The molecule has 114 valence electrons. The summed E-state index contributed by atoms with van der Waals surface area (Å²) in [4.78, 5) is 0. The molecule has 0 aliphatic carbocycles. The van der Waals surface area contributed by atoms with Gasteiger partial charge in [-0.25, -0.2) is 0 Å². The molecule has 0 bridgehead atoms. The average molecular weight is 264 g/mol. The Balaban J connectivity index is -0.000000212. The van der Waals surface area contributed by atoms with Crippen LogP contribution in [0.4, 0.5) is 0 Å². The van der Waals surface area contributed by atoms with Crippen LogP contribution in [0.15, 0.2) is 0 Å². The molecular formula is C15H36O3. The summed E-state index contributed by atoms with van der Waals surface area (Å²) in [5.41, 5.74) is 0. The van der Waals surface area contributed by atoms with Crippen molar-refractivity contribution >= 4 is 0 Å². The summed E-state index contributed by atoms with van der Waals surface area (Å²) in [5.74, 6) is 1.000. The molecule has 0 aromatic carbocycles. The van der Waals surface area contributed by atoms with Crippen molar-refractivity contribution in [2.45, 2.75) is 73.3 Å². The SMILES string of the molecule is CC(C)CO.CC(C)O.CCCCC(CC)CO. The van der Waals surface area contributed by atoms with Crippen LogP contribution in [0.25, 0.3) is 0 Å². The summed E-state index contributed by atoms with van der Waals surface area (Å²) in [6.45, 7) is 12.4. The van der Waals surface area contributed by atoms with Crippen molar-refractivity contribution in [3.63, 3.8) is 0 Å². The molecule has 0 amide bonds. The van der Waals surface area contributed by atoms with E-state index in [1.54, 1.807) is 13.8 Å². The van der Waals surface area contributed by atoms with Crippen molar-refractivity contribution in [2.24, 2.45) is 11.8 Å². The van der Waals surface area contributed by atoms with E-state index in [4.69, 9.17) is 15.3 Å². The van der Waals surface area contributed by atoms with E-state index in [-0.39, 0.29) is 6.10 Å². The third-order valence-corrected chi connectivity index (χ3v) is 2.17. The molecule has 0 aromatic rings. The first kappa shape index (κ1) is 23.0. The van der Waals surface area contributed by atoms with Gasteiger partial charge in [0.15, 0.2) is 0 Å². The highest BCUT2D eigenvalue weighted by molar-refractivity contribution is 4.53. The predicted molar refractivity (Wildman–Crippen MR) is 79.7 cm³/mol. The van der Waals surface area contributed by atoms with Crippen molar-refractivity contribution in [3.8, 4) is 0 Å². The van der Waals surface area contributed by atoms with Crippen LogP contribution in [0, 0.1) is 11.8 Å². The molecule has 3 N–H and O–H groups in total. The number of hydrogen-bond acceptors (Lipinski definition) is 3. The fourth-order valence-electron chi connectivity index (χ4n) is 0.917. The number of rotatable bonds is 6. The van der Waals surface area contributed by atoms with Crippen molar-refractivity contribution in [1.82, 2.24) is 0 Å².